The molecule has 2 aromatic rings. The first-order valence-corrected chi connectivity index (χ1v) is 7.57. The number of hydrogen-bond donors (Lipinski definition) is 1. The van der Waals surface area contributed by atoms with Crippen LogP contribution < -0.4 is 5.73 Å². The topological polar surface area (TPSA) is 55.3 Å². The lowest BCUT2D eigenvalue weighted by Crippen LogP contribution is -2.39. The van der Waals surface area contributed by atoms with E-state index in [4.69, 9.17) is 10.2 Å². The third kappa shape index (κ3) is 2.87. The van der Waals surface area contributed by atoms with Crippen molar-refractivity contribution in [1.82, 2.24) is 9.88 Å². The zero-order valence-electron chi connectivity index (χ0n) is 11.3. The van der Waals surface area contributed by atoms with Gasteiger partial charge in [0.2, 0.25) is 5.89 Å². The van der Waals surface area contributed by atoms with Gasteiger partial charge in [0.15, 0.2) is 5.58 Å². The molecule has 5 heteroatoms. The van der Waals surface area contributed by atoms with Crippen LogP contribution in [-0.2, 0) is 6.54 Å². The highest BCUT2D eigenvalue weighted by Crippen LogP contribution is 2.26. The molecular weight excluding hydrogens is 258 g/mol. The summed E-state index contributed by atoms with van der Waals surface area (Å²) in [5.74, 6) is 0.784. The van der Waals surface area contributed by atoms with Crippen molar-refractivity contribution in [2.24, 2.45) is 0 Å². The van der Waals surface area contributed by atoms with Gasteiger partial charge in [-0.15, -0.1) is 0 Å². The van der Waals surface area contributed by atoms with Gasteiger partial charge in [-0.3, -0.25) is 4.90 Å². The first kappa shape index (κ1) is 12.8. The summed E-state index contributed by atoms with van der Waals surface area (Å²) in [6.45, 7) is 7.52. The largest absolute Gasteiger partial charge is 0.439 e. The number of anilines is 1. The number of aromatic nitrogens is 1. The normalized spacial score (nSPS) is 24.9. The molecule has 0 bridgehead atoms. The second kappa shape index (κ2) is 5.06. The van der Waals surface area contributed by atoms with Gasteiger partial charge in [0.25, 0.3) is 0 Å². The lowest BCUT2D eigenvalue weighted by atomic mass is 10.3. The minimum Gasteiger partial charge on any atom is -0.439 e. The van der Waals surface area contributed by atoms with Gasteiger partial charge in [-0.1, -0.05) is 13.8 Å². The van der Waals surface area contributed by atoms with Gasteiger partial charge in [-0.25, -0.2) is 4.98 Å². The Balaban J connectivity index is 1.77. The second-order valence-electron chi connectivity index (χ2n) is 5.29. The van der Waals surface area contributed by atoms with Gasteiger partial charge in [-0.05, 0) is 12.1 Å². The highest BCUT2D eigenvalue weighted by atomic mass is 32.2. The molecule has 0 radical (unpaired) electrons. The lowest BCUT2D eigenvalue weighted by molar-refractivity contribution is 0.239. The molecule has 1 aliphatic rings. The highest BCUT2D eigenvalue weighted by Gasteiger charge is 2.23. The van der Waals surface area contributed by atoms with E-state index in [0.29, 0.717) is 16.2 Å². The Bertz CT molecular complexity index is 573. The van der Waals surface area contributed by atoms with Gasteiger partial charge in [-0.2, -0.15) is 11.8 Å². The van der Waals surface area contributed by atoms with Crippen molar-refractivity contribution >= 4 is 28.5 Å². The second-order valence-corrected chi connectivity index (χ2v) is 7.17. The van der Waals surface area contributed by atoms with E-state index in [9.17, 15) is 0 Å². The fraction of sp³-hybridized carbons (Fsp3) is 0.500. The molecule has 0 spiro atoms. The quantitative estimate of drug-likeness (QED) is 0.855. The number of benzene rings is 1. The van der Waals surface area contributed by atoms with Crippen LogP contribution >= 0.6 is 11.8 Å². The fourth-order valence-electron chi connectivity index (χ4n) is 2.66. The standard InChI is InChI=1S/C14H19N3OS/c1-9-6-17(7-10(2)19-9)8-14-16-12-4-3-11(15)5-13(12)18-14/h3-5,9-10H,6-8,15H2,1-2H3. The van der Waals surface area contributed by atoms with Gasteiger partial charge in [0.1, 0.15) is 5.52 Å². The molecule has 1 fully saturated rings. The predicted molar refractivity (Wildman–Crippen MR) is 80.2 cm³/mol. The molecule has 102 valence electrons. The lowest BCUT2D eigenvalue weighted by Gasteiger charge is -2.33. The number of rotatable bonds is 2. The molecule has 1 saturated heterocycles. The number of nitrogens with zero attached hydrogens (tertiary/aromatic N) is 2. The monoisotopic (exact) mass is 277 g/mol. The summed E-state index contributed by atoms with van der Waals surface area (Å²) >= 11 is 2.05. The Labute approximate surface area is 117 Å². The molecule has 3 rings (SSSR count). The summed E-state index contributed by atoms with van der Waals surface area (Å²) in [5, 5.41) is 1.34. The van der Waals surface area contributed by atoms with E-state index in [1.807, 2.05) is 18.2 Å². The molecule has 2 unspecified atom stereocenters. The molecule has 2 heterocycles. The molecule has 2 N–H and O–H groups in total. The van der Waals surface area contributed by atoms with Crippen LogP contribution in [-0.4, -0.2) is 33.5 Å². The number of thioether (sulfide) groups is 1. The smallest absolute Gasteiger partial charge is 0.209 e. The Morgan fingerprint density at radius 2 is 2.11 bits per heavy atom. The summed E-state index contributed by atoms with van der Waals surface area (Å²) < 4.78 is 5.78. The minimum absolute atomic E-state index is 0.670. The summed E-state index contributed by atoms with van der Waals surface area (Å²) in [4.78, 5) is 6.94. The molecular formula is C14H19N3OS. The molecule has 1 aliphatic heterocycles. The van der Waals surface area contributed by atoms with Crippen molar-refractivity contribution in [3.63, 3.8) is 0 Å². The third-order valence-corrected chi connectivity index (χ3v) is 4.54. The molecule has 1 aromatic carbocycles. The van der Waals surface area contributed by atoms with E-state index in [1.54, 1.807) is 0 Å². The van der Waals surface area contributed by atoms with E-state index in [-0.39, 0.29) is 0 Å². The van der Waals surface area contributed by atoms with Crippen LogP contribution in [0.2, 0.25) is 0 Å². The first-order chi connectivity index (χ1) is 9.10. The average Bonchev–Trinajstić information content (AvgIpc) is 2.68. The van der Waals surface area contributed by atoms with Crippen LogP contribution in [0.5, 0.6) is 0 Å². The minimum atomic E-state index is 0.670. The van der Waals surface area contributed by atoms with Gasteiger partial charge < -0.3 is 10.2 Å². The van der Waals surface area contributed by atoms with Gasteiger partial charge in [0.05, 0.1) is 6.54 Å². The Hall–Kier alpha value is -1.20. The van der Waals surface area contributed by atoms with E-state index < -0.39 is 0 Å². The molecule has 1 aromatic heterocycles. The van der Waals surface area contributed by atoms with Gasteiger partial charge >= 0.3 is 0 Å². The van der Waals surface area contributed by atoms with Crippen LogP contribution in [0.4, 0.5) is 5.69 Å². The molecule has 0 amide bonds. The van der Waals surface area contributed by atoms with Crippen molar-refractivity contribution < 1.29 is 4.42 Å². The molecule has 19 heavy (non-hydrogen) atoms. The van der Waals surface area contributed by atoms with E-state index in [0.717, 1.165) is 36.6 Å². The Morgan fingerprint density at radius 1 is 1.37 bits per heavy atom. The number of oxazole rings is 1. The van der Waals surface area contributed by atoms with Crippen molar-refractivity contribution in [3.8, 4) is 0 Å². The van der Waals surface area contributed by atoms with Crippen LogP contribution in [0.15, 0.2) is 22.6 Å². The van der Waals surface area contributed by atoms with Crippen LogP contribution in [0.25, 0.3) is 11.1 Å². The summed E-state index contributed by atoms with van der Waals surface area (Å²) in [5.41, 5.74) is 8.13. The maximum atomic E-state index is 5.78. The zero-order valence-corrected chi connectivity index (χ0v) is 12.1. The Kier molecular flexibility index (Phi) is 3.41. The Morgan fingerprint density at radius 3 is 2.84 bits per heavy atom. The molecule has 0 aliphatic carbocycles. The van der Waals surface area contributed by atoms with Gasteiger partial charge in [0, 0.05) is 35.3 Å². The van der Waals surface area contributed by atoms with Crippen molar-refractivity contribution in [2.75, 3.05) is 18.8 Å². The van der Waals surface area contributed by atoms with E-state index >= 15 is 0 Å². The maximum Gasteiger partial charge on any atom is 0.209 e. The SMILES string of the molecule is CC1CN(Cc2nc3ccc(N)cc3o2)CC(C)S1. The number of nitrogens with two attached hydrogens (primary N) is 1. The van der Waals surface area contributed by atoms with E-state index in [1.165, 1.54) is 0 Å². The fourth-order valence-corrected chi connectivity index (χ4v) is 4.05. The van der Waals surface area contributed by atoms with E-state index in [2.05, 4.69) is 35.5 Å². The molecule has 2 atom stereocenters. The van der Waals surface area contributed by atoms with Crippen LogP contribution in [0.1, 0.15) is 19.7 Å². The van der Waals surface area contributed by atoms with Crippen molar-refractivity contribution in [1.29, 1.82) is 0 Å². The summed E-state index contributed by atoms with van der Waals surface area (Å²) in [6, 6.07) is 5.61. The third-order valence-electron chi connectivity index (χ3n) is 3.31. The summed E-state index contributed by atoms with van der Waals surface area (Å²) in [6.07, 6.45) is 0. The predicted octanol–water partition coefficient (Wildman–Crippen LogP) is 2.74. The molecule has 4 nitrogen and oxygen atoms in total. The van der Waals surface area contributed by atoms with Crippen molar-refractivity contribution in [3.05, 3.63) is 24.1 Å². The maximum absolute atomic E-state index is 5.78. The average molecular weight is 277 g/mol. The van der Waals surface area contributed by atoms with Crippen molar-refractivity contribution in [2.45, 2.75) is 30.9 Å². The van der Waals surface area contributed by atoms with Crippen LogP contribution in [0, 0.1) is 0 Å². The van der Waals surface area contributed by atoms with Crippen LogP contribution in [0.3, 0.4) is 0 Å². The summed E-state index contributed by atoms with van der Waals surface area (Å²) in [7, 11) is 0. The number of nitrogen functional groups attached to an aromatic ring is 1. The number of fused-ring (bicyclic) bond motifs is 1. The molecule has 0 saturated carbocycles. The number of hydrogen-bond acceptors (Lipinski definition) is 5. The zero-order chi connectivity index (χ0) is 13.4. The first-order valence-electron chi connectivity index (χ1n) is 6.63. The highest BCUT2D eigenvalue weighted by molar-refractivity contribution is 8.00.